The molecule has 0 aromatic carbocycles. The third kappa shape index (κ3) is 18.3. The van der Waals surface area contributed by atoms with Gasteiger partial charge in [-0.15, -0.1) is 0 Å². The van der Waals surface area contributed by atoms with Crippen molar-refractivity contribution in [2.24, 2.45) is 0 Å². The second kappa shape index (κ2) is 9.49. The minimum atomic E-state index is 0. The summed E-state index contributed by atoms with van der Waals surface area (Å²) in [7, 11) is 0. The Balaban J connectivity index is 0. The van der Waals surface area contributed by atoms with E-state index in [0.717, 1.165) is 0 Å². The molecule has 0 aromatic rings. The first-order chi connectivity index (χ1) is 1.41. The monoisotopic (exact) mass is 142 g/mol. The van der Waals surface area contributed by atoms with E-state index in [1.165, 1.54) is 4.82 Å². The first kappa shape index (κ1) is 8.82. The molecule has 0 rings (SSSR count). The molecular formula is CCoMnO. The molecule has 0 saturated carbocycles. The summed E-state index contributed by atoms with van der Waals surface area (Å²) < 4.78 is 0. The van der Waals surface area contributed by atoms with Crippen molar-refractivity contribution in [1.29, 1.82) is 0 Å². The van der Waals surface area contributed by atoms with E-state index in [2.05, 4.69) is 15.3 Å². The van der Waals surface area contributed by atoms with Gasteiger partial charge in [0.1, 0.15) is 0 Å². The van der Waals surface area contributed by atoms with Gasteiger partial charge in [0.25, 0.3) is 0 Å². The molecule has 0 bridgehead atoms. The molecule has 0 aromatic heterocycles. The fourth-order valence-electron chi connectivity index (χ4n) is 0. The third-order valence-electron chi connectivity index (χ3n) is 0. The van der Waals surface area contributed by atoms with E-state index in [9.17, 15) is 0 Å². The summed E-state index contributed by atoms with van der Waals surface area (Å²) >= 11 is 3.02. The maximum absolute atomic E-state index is 8.54. The van der Waals surface area contributed by atoms with Gasteiger partial charge in [-0.3, -0.25) is 0 Å². The molecule has 0 atom stereocenters. The fourth-order valence-corrected chi connectivity index (χ4v) is 0. The quantitative estimate of drug-likeness (QED) is 0.420. The van der Waals surface area contributed by atoms with Gasteiger partial charge in [-0.05, 0) is 0 Å². The smallest absolute Gasteiger partial charge is 0 e. The molecular weight excluding hydrogens is 142 g/mol. The van der Waals surface area contributed by atoms with Crippen molar-refractivity contribution in [2.45, 2.75) is 0 Å². The van der Waals surface area contributed by atoms with Gasteiger partial charge in [0.05, 0.1) is 0 Å². The Hall–Kier alpha value is 0.606. The first-order valence-corrected chi connectivity index (χ1v) is 0.891. The molecule has 0 N–H and O–H groups in total. The van der Waals surface area contributed by atoms with E-state index < -0.39 is 0 Å². The Morgan fingerprint density at radius 1 is 1.75 bits per heavy atom. The van der Waals surface area contributed by atoms with Crippen LogP contribution in [0.5, 0.6) is 0 Å². The maximum atomic E-state index is 8.54. The van der Waals surface area contributed by atoms with E-state index in [-0.39, 0.29) is 17.1 Å². The number of rotatable bonds is 0. The molecule has 0 amide bonds. The van der Waals surface area contributed by atoms with Crippen molar-refractivity contribution in [3.05, 3.63) is 0 Å². The zero-order chi connectivity index (χ0) is 2.71. The number of carbonyl (C=O) groups excluding carboxylic acids is 1. The second-order valence-corrected chi connectivity index (χ2v) is 0.281. The van der Waals surface area contributed by atoms with E-state index in [1.807, 2.05) is 0 Å². The first-order valence-electron chi connectivity index (χ1n) is 0.371. The standard InChI is InChI=1S/CO.Co.Mn/c1-2;;. The Morgan fingerprint density at radius 3 is 1.75 bits per heavy atom. The largest absolute Gasteiger partial charge is 0 e. The van der Waals surface area contributed by atoms with E-state index in [4.69, 9.17) is 4.79 Å². The predicted molar refractivity (Wildman–Crippen MR) is 5.69 cm³/mol. The van der Waals surface area contributed by atoms with Crippen molar-refractivity contribution in [1.82, 2.24) is 0 Å². The summed E-state index contributed by atoms with van der Waals surface area (Å²) in [6.07, 6.45) is 0. The number of hydrogen-bond donors (Lipinski definition) is 0. The summed E-state index contributed by atoms with van der Waals surface area (Å²) in [5.74, 6) is 0. The van der Waals surface area contributed by atoms with Crippen molar-refractivity contribution in [2.75, 3.05) is 0 Å². The topological polar surface area (TPSA) is 17.1 Å². The van der Waals surface area contributed by atoms with Crippen LogP contribution < -0.4 is 0 Å². The predicted octanol–water partition coefficient (Wildman–Crippen LogP) is -0.402. The zero-order valence-electron chi connectivity index (χ0n) is 1.62. The Morgan fingerprint density at radius 2 is 1.75 bits per heavy atom. The van der Waals surface area contributed by atoms with Crippen molar-refractivity contribution >= 4 is 4.82 Å². The fraction of sp³-hybridized carbons (Fsp3) is 0. The minimum Gasteiger partial charge on any atom is 0 e. The van der Waals surface area contributed by atoms with Crippen molar-refractivity contribution in [3.8, 4) is 0 Å². The second-order valence-electron chi connectivity index (χ2n) is 0.0680. The molecule has 26 valence electrons. The summed E-state index contributed by atoms with van der Waals surface area (Å²) in [6, 6.07) is 0. The number of hydrogen-bond acceptors (Lipinski definition) is 1. The van der Waals surface area contributed by atoms with Gasteiger partial charge in [0.15, 0.2) is 0 Å². The van der Waals surface area contributed by atoms with Gasteiger partial charge in [0, 0.05) is 17.1 Å². The SMILES string of the molecule is O=[C]=[Co].[Mn]. The molecule has 0 spiro atoms. The summed E-state index contributed by atoms with van der Waals surface area (Å²) in [6.45, 7) is 0. The molecule has 0 aliphatic heterocycles. The van der Waals surface area contributed by atoms with Crippen LogP contribution in [0.1, 0.15) is 0 Å². The maximum Gasteiger partial charge on any atom is 0 e. The molecule has 0 aliphatic carbocycles. The Kier molecular flexibility index (Phi) is 20.9. The van der Waals surface area contributed by atoms with Crippen LogP contribution in [-0.4, -0.2) is 4.82 Å². The minimum absolute atomic E-state index is 0. The molecule has 0 unspecified atom stereocenters. The molecule has 0 heterocycles. The van der Waals surface area contributed by atoms with E-state index in [0.29, 0.717) is 0 Å². The van der Waals surface area contributed by atoms with Gasteiger partial charge in [-0.25, -0.2) is 0 Å². The van der Waals surface area contributed by atoms with Crippen LogP contribution in [-0.2, 0) is 37.2 Å². The van der Waals surface area contributed by atoms with Gasteiger partial charge in [-0.1, -0.05) is 0 Å². The molecule has 1 radical (unpaired) electrons. The Labute approximate surface area is 42.4 Å². The van der Waals surface area contributed by atoms with Gasteiger partial charge >= 0.3 is 24.9 Å². The zero-order valence-corrected chi connectivity index (χ0v) is 3.84. The van der Waals surface area contributed by atoms with E-state index >= 15 is 0 Å². The summed E-state index contributed by atoms with van der Waals surface area (Å²) in [4.78, 5) is 9.73. The average molecular weight is 142 g/mol. The Bertz CT molecular complexity index is 29.0. The summed E-state index contributed by atoms with van der Waals surface area (Å²) in [5.41, 5.74) is 0. The van der Waals surface area contributed by atoms with Gasteiger partial charge < -0.3 is 0 Å². The van der Waals surface area contributed by atoms with Crippen molar-refractivity contribution < 1.29 is 37.2 Å². The van der Waals surface area contributed by atoms with Crippen LogP contribution in [0, 0.1) is 0 Å². The molecule has 0 aliphatic rings. The molecule has 3 heteroatoms. The van der Waals surface area contributed by atoms with Crippen LogP contribution in [0.25, 0.3) is 0 Å². The molecule has 0 saturated heterocycles. The van der Waals surface area contributed by atoms with Gasteiger partial charge in [0.2, 0.25) is 0 Å². The third-order valence-corrected chi connectivity index (χ3v) is 0. The van der Waals surface area contributed by atoms with Crippen LogP contribution in [0.15, 0.2) is 0 Å². The van der Waals surface area contributed by atoms with Crippen molar-refractivity contribution in [3.63, 3.8) is 0 Å². The van der Waals surface area contributed by atoms with Gasteiger partial charge in [-0.2, -0.15) is 0 Å². The van der Waals surface area contributed by atoms with Crippen LogP contribution in [0.4, 0.5) is 0 Å². The molecule has 4 heavy (non-hydrogen) atoms. The van der Waals surface area contributed by atoms with Crippen LogP contribution in [0.2, 0.25) is 0 Å². The van der Waals surface area contributed by atoms with E-state index in [1.54, 1.807) is 0 Å². The van der Waals surface area contributed by atoms with Crippen LogP contribution >= 0.6 is 0 Å². The normalized spacial score (nSPS) is 2.25. The molecule has 0 fully saturated rings. The average Bonchev–Trinajstić information content (AvgIpc) is 0.918. The molecule has 1 nitrogen and oxygen atoms in total. The van der Waals surface area contributed by atoms with Crippen LogP contribution in [0.3, 0.4) is 0 Å². The summed E-state index contributed by atoms with van der Waals surface area (Å²) in [5, 5.41) is 0.